The number of ether oxygens (including phenoxy) is 1. The average Bonchev–Trinajstić information content (AvgIpc) is 3.03. The average molecular weight is 540 g/mol. The molecule has 2 heterocycles. The number of ketones is 1. The lowest BCUT2D eigenvalue weighted by Crippen LogP contribution is -2.42. The van der Waals surface area contributed by atoms with E-state index in [9.17, 15) is 14.7 Å². The predicted molar refractivity (Wildman–Crippen MR) is 127 cm³/mol. The Morgan fingerprint density at radius 3 is 2.41 bits per heavy atom. The van der Waals surface area contributed by atoms with Crippen LogP contribution >= 0.6 is 39.1 Å². The molecule has 1 atom stereocenters. The number of likely N-dealkylation sites (tertiary alicyclic amines) is 1. The van der Waals surface area contributed by atoms with Gasteiger partial charge in [0.1, 0.15) is 5.76 Å². The van der Waals surface area contributed by atoms with Gasteiger partial charge in [-0.3, -0.25) is 14.5 Å². The van der Waals surface area contributed by atoms with Crippen LogP contribution in [-0.2, 0) is 14.3 Å². The molecular formula is C23H21BrCl2N2O4. The Morgan fingerprint density at radius 1 is 1.06 bits per heavy atom. The van der Waals surface area contributed by atoms with Gasteiger partial charge in [0.25, 0.3) is 11.7 Å². The molecule has 0 radical (unpaired) electrons. The molecule has 2 saturated heterocycles. The van der Waals surface area contributed by atoms with Gasteiger partial charge < -0.3 is 14.7 Å². The number of hydrogen-bond acceptors (Lipinski definition) is 5. The Balaban J connectivity index is 1.76. The Labute approximate surface area is 204 Å². The normalized spacial score (nSPS) is 21.3. The number of benzene rings is 2. The van der Waals surface area contributed by atoms with E-state index in [1.807, 2.05) is 0 Å². The van der Waals surface area contributed by atoms with Crippen molar-refractivity contribution in [2.75, 3.05) is 39.4 Å². The molecule has 2 aliphatic heterocycles. The zero-order valence-electron chi connectivity index (χ0n) is 17.1. The maximum absolute atomic E-state index is 13.1. The highest BCUT2D eigenvalue weighted by atomic mass is 79.9. The SMILES string of the molecule is O=C1C(=O)N(CCN2CCOCC2)[C@@H](c2ccc(Cl)cc2Cl)C1=C(O)c1ccc(Br)cc1. The Kier molecular flexibility index (Phi) is 7.22. The Morgan fingerprint density at radius 2 is 1.75 bits per heavy atom. The maximum Gasteiger partial charge on any atom is 0.295 e. The summed E-state index contributed by atoms with van der Waals surface area (Å²) in [4.78, 5) is 29.8. The molecule has 6 nitrogen and oxygen atoms in total. The van der Waals surface area contributed by atoms with Crippen LogP contribution in [0.4, 0.5) is 0 Å². The van der Waals surface area contributed by atoms with E-state index < -0.39 is 17.7 Å². The van der Waals surface area contributed by atoms with E-state index in [0.29, 0.717) is 47.5 Å². The van der Waals surface area contributed by atoms with Gasteiger partial charge in [0.05, 0.1) is 24.8 Å². The van der Waals surface area contributed by atoms with Crippen LogP contribution in [0.3, 0.4) is 0 Å². The number of Topliss-reactive ketones (excluding diaryl/α,β-unsaturated/α-hetero) is 1. The molecular weight excluding hydrogens is 519 g/mol. The molecule has 32 heavy (non-hydrogen) atoms. The van der Waals surface area contributed by atoms with Gasteiger partial charge in [-0.1, -0.05) is 57.3 Å². The van der Waals surface area contributed by atoms with Gasteiger partial charge in [0.2, 0.25) is 0 Å². The molecule has 2 fully saturated rings. The monoisotopic (exact) mass is 538 g/mol. The van der Waals surface area contributed by atoms with Crippen LogP contribution in [0.5, 0.6) is 0 Å². The van der Waals surface area contributed by atoms with E-state index in [0.717, 1.165) is 17.6 Å². The minimum absolute atomic E-state index is 0.0172. The van der Waals surface area contributed by atoms with Crippen LogP contribution in [0.25, 0.3) is 5.76 Å². The quantitative estimate of drug-likeness (QED) is 0.344. The summed E-state index contributed by atoms with van der Waals surface area (Å²) in [6, 6.07) is 11.0. The number of carbonyl (C=O) groups is 2. The van der Waals surface area contributed by atoms with Gasteiger partial charge in [0, 0.05) is 46.3 Å². The van der Waals surface area contributed by atoms with Crippen LogP contribution in [0, 0.1) is 0 Å². The third-order valence-corrected chi connectivity index (χ3v) is 6.77. The highest BCUT2D eigenvalue weighted by molar-refractivity contribution is 9.10. The molecule has 2 aliphatic rings. The van der Waals surface area contributed by atoms with E-state index in [4.69, 9.17) is 27.9 Å². The lowest BCUT2D eigenvalue weighted by molar-refractivity contribution is -0.140. The number of aliphatic hydroxyl groups excluding tert-OH is 1. The van der Waals surface area contributed by atoms with E-state index in [-0.39, 0.29) is 11.3 Å². The zero-order valence-corrected chi connectivity index (χ0v) is 20.2. The Bertz CT molecular complexity index is 1070. The van der Waals surface area contributed by atoms with Crippen LogP contribution in [0.15, 0.2) is 52.5 Å². The third kappa shape index (κ3) is 4.72. The van der Waals surface area contributed by atoms with Crippen molar-refractivity contribution in [1.29, 1.82) is 0 Å². The van der Waals surface area contributed by atoms with Gasteiger partial charge in [-0.05, 0) is 29.8 Å². The van der Waals surface area contributed by atoms with Crippen LogP contribution in [-0.4, -0.2) is 66.0 Å². The van der Waals surface area contributed by atoms with Gasteiger partial charge in [-0.25, -0.2) is 0 Å². The van der Waals surface area contributed by atoms with Crippen molar-refractivity contribution in [3.63, 3.8) is 0 Å². The first kappa shape index (κ1) is 23.3. The summed E-state index contributed by atoms with van der Waals surface area (Å²) >= 11 is 15.9. The number of morpholine rings is 1. The predicted octanol–water partition coefficient (Wildman–Crippen LogP) is 4.51. The second kappa shape index (κ2) is 9.93. The first-order chi connectivity index (χ1) is 15.4. The van der Waals surface area contributed by atoms with Crippen molar-refractivity contribution >= 4 is 56.6 Å². The molecule has 168 valence electrons. The summed E-state index contributed by atoms with van der Waals surface area (Å²) in [5.74, 6) is -1.63. The van der Waals surface area contributed by atoms with Crippen LogP contribution in [0.1, 0.15) is 17.2 Å². The highest BCUT2D eigenvalue weighted by Crippen LogP contribution is 2.42. The lowest BCUT2D eigenvalue weighted by Gasteiger charge is -2.31. The number of carbonyl (C=O) groups excluding carboxylic acids is 2. The Hall–Kier alpha value is -1.90. The molecule has 0 spiro atoms. The van der Waals surface area contributed by atoms with Gasteiger partial charge in [-0.2, -0.15) is 0 Å². The van der Waals surface area contributed by atoms with E-state index in [2.05, 4.69) is 20.8 Å². The molecule has 0 saturated carbocycles. The molecule has 1 amide bonds. The van der Waals surface area contributed by atoms with Crippen LogP contribution < -0.4 is 0 Å². The summed E-state index contributed by atoms with van der Waals surface area (Å²) in [6.07, 6.45) is 0. The summed E-state index contributed by atoms with van der Waals surface area (Å²) in [5, 5.41) is 11.8. The van der Waals surface area contributed by atoms with E-state index in [1.165, 1.54) is 4.90 Å². The van der Waals surface area contributed by atoms with Crippen molar-refractivity contribution in [1.82, 2.24) is 9.80 Å². The molecule has 0 unspecified atom stereocenters. The molecule has 2 aromatic carbocycles. The first-order valence-electron chi connectivity index (χ1n) is 10.2. The minimum Gasteiger partial charge on any atom is -0.507 e. The lowest BCUT2D eigenvalue weighted by atomic mass is 9.95. The van der Waals surface area contributed by atoms with Gasteiger partial charge in [-0.15, -0.1) is 0 Å². The van der Waals surface area contributed by atoms with Gasteiger partial charge in [0.15, 0.2) is 0 Å². The third-order valence-electron chi connectivity index (χ3n) is 5.68. The maximum atomic E-state index is 13.1. The summed E-state index contributed by atoms with van der Waals surface area (Å²) in [7, 11) is 0. The number of hydrogen-bond donors (Lipinski definition) is 1. The summed E-state index contributed by atoms with van der Waals surface area (Å²) in [5.41, 5.74) is 0.994. The molecule has 0 aromatic heterocycles. The topological polar surface area (TPSA) is 70.1 Å². The molecule has 1 N–H and O–H groups in total. The fraction of sp³-hybridized carbons (Fsp3) is 0.304. The summed E-state index contributed by atoms with van der Waals surface area (Å²) in [6.45, 7) is 3.68. The highest BCUT2D eigenvalue weighted by Gasteiger charge is 2.46. The largest absolute Gasteiger partial charge is 0.507 e. The van der Waals surface area contributed by atoms with Gasteiger partial charge >= 0.3 is 0 Å². The number of amides is 1. The second-order valence-corrected chi connectivity index (χ2v) is 9.38. The number of aliphatic hydroxyl groups is 1. The van der Waals surface area contributed by atoms with Crippen molar-refractivity contribution in [3.8, 4) is 0 Å². The minimum atomic E-state index is -0.815. The number of halogens is 3. The zero-order chi connectivity index (χ0) is 22.8. The molecule has 0 aliphatic carbocycles. The summed E-state index contributed by atoms with van der Waals surface area (Å²) < 4.78 is 6.21. The van der Waals surface area contributed by atoms with E-state index >= 15 is 0 Å². The van der Waals surface area contributed by atoms with Crippen molar-refractivity contribution in [3.05, 3.63) is 73.7 Å². The van der Waals surface area contributed by atoms with Crippen molar-refractivity contribution in [2.24, 2.45) is 0 Å². The van der Waals surface area contributed by atoms with E-state index in [1.54, 1.807) is 42.5 Å². The number of rotatable bonds is 5. The van der Waals surface area contributed by atoms with Crippen LogP contribution in [0.2, 0.25) is 10.0 Å². The smallest absolute Gasteiger partial charge is 0.295 e. The molecule has 4 rings (SSSR count). The molecule has 9 heteroatoms. The fourth-order valence-corrected chi connectivity index (χ4v) is 4.77. The van der Waals surface area contributed by atoms with Crippen molar-refractivity contribution in [2.45, 2.75) is 6.04 Å². The van der Waals surface area contributed by atoms with Crippen molar-refractivity contribution < 1.29 is 19.4 Å². The molecule has 2 aromatic rings. The first-order valence-corrected chi connectivity index (χ1v) is 11.7. The molecule has 0 bridgehead atoms. The fourth-order valence-electron chi connectivity index (χ4n) is 3.99. The second-order valence-electron chi connectivity index (χ2n) is 7.62. The standard InChI is InChI=1S/C23H21BrCl2N2O4/c24-15-3-1-14(2-4-15)21(29)19-20(17-6-5-16(25)13-18(17)26)28(23(31)22(19)30)8-7-27-9-11-32-12-10-27/h1-6,13,20,29H,7-12H2/t20-/m0/s1. The number of nitrogens with zero attached hydrogens (tertiary/aromatic N) is 2.